The first kappa shape index (κ1) is 15.3. The summed E-state index contributed by atoms with van der Waals surface area (Å²) in [7, 11) is 2.26. The van der Waals surface area contributed by atoms with Gasteiger partial charge in [-0.05, 0) is 33.2 Å². The van der Waals surface area contributed by atoms with Gasteiger partial charge in [-0.25, -0.2) is 0 Å². The molecule has 2 nitrogen and oxygen atoms in total. The molecule has 15 heavy (non-hydrogen) atoms. The van der Waals surface area contributed by atoms with Crippen molar-refractivity contribution in [2.24, 2.45) is 0 Å². The van der Waals surface area contributed by atoms with Gasteiger partial charge < -0.3 is 5.32 Å². The summed E-state index contributed by atoms with van der Waals surface area (Å²) in [5.74, 6) is 1.23. The van der Waals surface area contributed by atoms with Crippen molar-refractivity contribution in [2.45, 2.75) is 45.7 Å². The van der Waals surface area contributed by atoms with Gasteiger partial charge >= 0.3 is 0 Å². The molecular formula is C12H28N2S. The maximum Gasteiger partial charge on any atom is 0.0220 e. The zero-order valence-electron chi connectivity index (χ0n) is 11.0. The highest BCUT2D eigenvalue weighted by molar-refractivity contribution is 7.98. The molecule has 0 aromatic heterocycles. The van der Waals surface area contributed by atoms with Crippen LogP contribution in [0.5, 0.6) is 0 Å². The lowest BCUT2D eigenvalue weighted by molar-refractivity contribution is 0.184. The van der Waals surface area contributed by atoms with Gasteiger partial charge in [0, 0.05) is 24.4 Å². The van der Waals surface area contributed by atoms with E-state index in [-0.39, 0.29) is 0 Å². The van der Waals surface area contributed by atoms with Crippen molar-refractivity contribution >= 4 is 11.8 Å². The quantitative estimate of drug-likeness (QED) is 0.657. The molecule has 0 spiro atoms. The number of hydrogen-bond donors (Lipinski definition) is 1. The number of rotatable bonds is 9. The molecule has 0 fully saturated rings. The average Bonchev–Trinajstić information content (AvgIpc) is 2.23. The lowest BCUT2D eigenvalue weighted by Gasteiger charge is -2.33. The Balaban J connectivity index is 4.06. The van der Waals surface area contributed by atoms with E-state index in [1.54, 1.807) is 0 Å². The summed E-state index contributed by atoms with van der Waals surface area (Å²) < 4.78 is 0. The summed E-state index contributed by atoms with van der Waals surface area (Å²) in [6.07, 6.45) is 4.75. The molecule has 1 N–H and O–H groups in total. The summed E-state index contributed by atoms with van der Waals surface area (Å²) in [4.78, 5) is 2.53. The fourth-order valence-electron chi connectivity index (χ4n) is 1.81. The molecule has 0 rings (SSSR count). The van der Waals surface area contributed by atoms with E-state index in [1.165, 1.54) is 18.6 Å². The Labute approximate surface area is 100 Å². The molecule has 0 aromatic carbocycles. The minimum Gasteiger partial charge on any atom is -0.315 e. The fourth-order valence-corrected chi connectivity index (χ4v) is 2.53. The zero-order chi connectivity index (χ0) is 11.7. The molecule has 0 bridgehead atoms. The van der Waals surface area contributed by atoms with Crippen molar-refractivity contribution in [3.63, 3.8) is 0 Å². The number of nitrogens with zero attached hydrogens (tertiary/aromatic N) is 1. The van der Waals surface area contributed by atoms with Crippen LogP contribution >= 0.6 is 11.8 Å². The van der Waals surface area contributed by atoms with Crippen LogP contribution in [-0.2, 0) is 0 Å². The first-order valence-corrected chi connectivity index (χ1v) is 7.48. The molecule has 0 saturated heterocycles. The highest BCUT2D eigenvalue weighted by Gasteiger charge is 2.17. The molecule has 0 amide bonds. The first-order chi connectivity index (χ1) is 7.17. The predicted molar refractivity (Wildman–Crippen MR) is 72.8 cm³/mol. The standard InChI is InChI=1S/C12H28N2S/c1-6-8-12(9-13-7-2)14(4)11(3)10-15-5/h11-13H,6-10H2,1-5H3. The van der Waals surface area contributed by atoms with Gasteiger partial charge in [-0.3, -0.25) is 4.90 Å². The van der Waals surface area contributed by atoms with E-state index in [2.05, 4.69) is 44.3 Å². The Morgan fingerprint density at radius 1 is 1.33 bits per heavy atom. The highest BCUT2D eigenvalue weighted by Crippen LogP contribution is 2.11. The maximum atomic E-state index is 3.46. The Morgan fingerprint density at radius 3 is 2.47 bits per heavy atom. The van der Waals surface area contributed by atoms with E-state index < -0.39 is 0 Å². The number of thioether (sulfide) groups is 1. The van der Waals surface area contributed by atoms with Crippen molar-refractivity contribution in [1.82, 2.24) is 10.2 Å². The van der Waals surface area contributed by atoms with Gasteiger partial charge in [0.2, 0.25) is 0 Å². The molecule has 2 atom stereocenters. The molecule has 0 heterocycles. The van der Waals surface area contributed by atoms with Gasteiger partial charge in [0.15, 0.2) is 0 Å². The van der Waals surface area contributed by atoms with E-state index in [1.807, 2.05) is 11.8 Å². The molecular weight excluding hydrogens is 204 g/mol. The summed E-state index contributed by atoms with van der Waals surface area (Å²) in [6, 6.07) is 1.37. The maximum absolute atomic E-state index is 3.46. The zero-order valence-corrected chi connectivity index (χ0v) is 11.9. The van der Waals surface area contributed by atoms with E-state index in [0.29, 0.717) is 12.1 Å². The van der Waals surface area contributed by atoms with Gasteiger partial charge in [0.1, 0.15) is 0 Å². The normalized spacial score (nSPS) is 15.6. The minimum atomic E-state index is 0.676. The first-order valence-electron chi connectivity index (χ1n) is 6.08. The van der Waals surface area contributed by atoms with Gasteiger partial charge in [-0.2, -0.15) is 11.8 Å². The van der Waals surface area contributed by atoms with Crippen molar-refractivity contribution in [3.8, 4) is 0 Å². The van der Waals surface area contributed by atoms with Crippen LogP contribution in [0.15, 0.2) is 0 Å². The van der Waals surface area contributed by atoms with Crippen LogP contribution < -0.4 is 5.32 Å². The van der Waals surface area contributed by atoms with Crippen LogP contribution in [-0.4, -0.2) is 49.1 Å². The third kappa shape index (κ3) is 6.44. The summed E-state index contributed by atoms with van der Waals surface area (Å²) in [5.41, 5.74) is 0. The third-order valence-electron chi connectivity index (χ3n) is 2.93. The second-order valence-electron chi connectivity index (χ2n) is 4.22. The number of likely N-dealkylation sites (N-methyl/N-ethyl adjacent to an activating group) is 2. The van der Waals surface area contributed by atoms with Crippen molar-refractivity contribution < 1.29 is 0 Å². The molecule has 3 heteroatoms. The Morgan fingerprint density at radius 2 is 2.00 bits per heavy atom. The minimum absolute atomic E-state index is 0.676. The molecule has 0 aliphatic heterocycles. The van der Waals surface area contributed by atoms with E-state index in [9.17, 15) is 0 Å². The molecule has 0 aliphatic rings. The molecule has 92 valence electrons. The number of hydrogen-bond acceptors (Lipinski definition) is 3. The van der Waals surface area contributed by atoms with E-state index in [4.69, 9.17) is 0 Å². The smallest absolute Gasteiger partial charge is 0.0220 e. The van der Waals surface area contributed by atoms with E-state index in [0.717, 1.165) is 13.1 Å². The van der Waals surface area contributed by atoms with Crippen molar-refractivity contribution in [3.05, 3.63) is 0 Å². The highest BCUT2D eigenvalue weighted by atomic mass is 32.2. The molecule has 2 unspecified atom stereocenters. The van der Waals surface area contributed by atoms with Crippen molar-refractivity contribution in [2.75, 3.05) is 32.1 Å². The molecule has 0 aliphatic carbocycles. The Hall–Kier alpha value is 0.270. The lowest BCUT2D eigenvalue weighted by atomic mass is 10.1. The monoisotopic (exact) mass is 232 g/mol. The fraction of sp³-hybridized carbons (Fsp3) is 1.00. The van der Waals surface area contributed by atoms with E-state index >= 15 is 0 Å². The SMILES string of the molecule is CCCC(CNCC)N(C)C(C)CSC. The number of nitrogens with one attached hydrogen (secondary N) is 1. The lowest BCUT2D eigenvalue weighted by Crippen LogP contribution is -2.45. The summed E-state index contributed by atoms with van der Waals surface area (Å²) in [5, 5.41) is 3.46. The second-order valence-corrected chi connectivity index (χ2v) is 5.13. The molecule has 0 aromatic rings. The van der Waals surface area contributed by atoms with Crippen LogP contribution in [0.1, 0.15) is 33.6 Å². The topological polar surface area (TPSA) is 15.3 Å². The van der Waals surface area contributed by atoms with Crippen LogP contribution in [0.4, 0.5) is 0 Å². The molecule has 0 radical (unpaired) electrons. The summed E-state index contributed by atoms with van der Waals surface area (Å²) >= 11 is 1.94. The van der Waals surface area contributed by atoms with Crippen molar-refractivity contribution in [1.29, 1.82) is 0 Å². The molecule has 0 saturated carbocycles. The van der Waals surface area contributed by atoms with Gasteiger partial charge in [0.05, 0.1) is 0 Å². The van der Waals surface area contributed by atoms with Crippen LogP contribution in [0, 0.1) is 0 Å². The Bertz CT molecular complexity index is 142. The van der Waals surface area contributed by atoms with Crippen LogP contribution in [0.2, 0.25) is 0 Å². The largest absolute Gasteiger partial charge is 0.315 e. The summed E-state index contributed by atoms with van der Waals surface area (Å²) in [6.45, 7) is 8.97. The van der Waals surface area contributed by atoms with Gasteiger partial charge in [-0.1, -0.05) is 20.3 Å². The predicted octanol–water partition coefficient (Wildman–Crippen LogP) is 2.45. The third-order valence-corrected chi connectivity index (χ3v) is 3.75. The second kappa shape index (κ2) is 9.49. The Kier molecular flexibility index (Phi) is 9.66. The van der Waals surface area contributed by atoms with Crippen LogP contribution in [0.3, 0.4) is 0 Å². The average molecular weight is 232 g/mol. The van der Waals surface area contributed by atoms with Crippen LogP contribution in [0.25, 0.3) is 0 Å². The van der Waals surface area contributed by atoms with Gasteiger partial charge in [0.25, 0.3) is 0 Å². The van der Waals surface area contributed by atoms with Gasteiger partial charge in [-0.15, -0.1) is 0 Å².